The lowest BCUT2D eigenvalue weighted by molar-refractivity contribution is 0.979. The number of pyridine rings is 1. The van der Waals surface area contributed by atoms with Crippen LogP contribution in [0.25, 0.3) is 21.7 Å². The van der Waals surface area contributed by atoms with Gasteiger partial charge in [0.25, 0.3) is 0 Å². The summed E-state index contributed by atoms with van der Waals surface area (Å²) >= 11 is 0. The van der Waals surface area contributed by atoms with Crippen molar-refractivity contribution in [3.63, 3.8) is 0 Å². The van der Waals surface area contributed by atoms with Crippen molar-refractivity contribution in [3.8, 4) is 11.3 Å². The summed E-state index contributed by atoms with van der Waals surface area (Å²) in [6.45, 7) is 2.34. The predicted molar refractivity (Wildman–Crippen MR) is 67.3 cm³/mol. The molecule has 0 N–H and O–H groups in total. The number of rotatable bonds is 3. The van der Waals surface area contributed by atoms with Gasteiger partial charge in [-0.25, -0.2) is 0 Å². The van der Waals surface area contributed by atoms with Crippen LogP contribution in [0, 0.1) is 6.92 Å². The molecule has 0 unspecified atom stereocenters. The van der Waals surface area contributed by atoms with E-state index in [4.69, 9.17) is 5.53 Å². The SMILES string of the molecule is Cc1cccc(-c2cccc(CN=[N+]=[N-])n2)c1. The molecule has 17 heavy (non-hydrogen) atoms. The summed E-state index contributed by atoms with van der Waals surface area (Å²) in [7, 11) is 0. The smallest absolute Gasteiger partial charge is 0.0705 e. The van der Waals surface area contributed by atoms with E-state index >= 15 is 0 Å². The van der Waals surface area contributed by atoms with Gasteiger partial charge in [0.2, 0.25) is 0 Å². The quantitative estimate of drug-likeness (QED) is 0.443. The fourth-order valence-corrected chi connectivity index (χ4v) is 1.64. The number of azide groups is 1. The maximum Gasteiger partial charge on any atom is 0.0705 e. The molecule has 0 bridgehead atoms. The van der Waals surface area contributed by atoms with E-state index in [1.54, 1.807) is 0 Å². The molecule has 0 saturated carbocycles. The second-order valence-corrected chi connectivity index (χ2v) is 3.77. The number of nitrogens with zero attached hydrogens (tertiary/aromatic N) is 4. The normalized spacial score (nSPS) is 9.71. The first-order valence-corrected chi connectivity index (χ1v) is 5.33. The van der Waals surface area contributed by atoms with Gasteiger partial charge in [-0.15, -0.1) is 0 Å². The van der Waals surface area contributed by atoms with Crippen LogP contribution >= 0.6 is 0 Å². The Morgan fingerprint density at radius 3 is 2.82 bits per heavy atom. The van der Waals surface area contributed by atoms with Crippen LogP contribution in [0.1, 0.15) is 11.3 Å². The monoisotopic (exact) mass is 224 g/mol. The van der Waals surface area contributed by atoms with Crippen molar-refractivity contribution in [1.82, 2.24) is 4.98 Å². The molecule has 4 heteroatoms. The second-order valence-electron chi connectivity index (χ2n) is 3.77. The molecule has 84 valence electrons. The van der Waals surface area contributed by atoms with Crippen LogP contribution in [0.4, 0.5) is 0 Å². The molecule has 0 fully saturated rings. The van der Waals surface area contributed by atoms with E-state index in [1.165, 1.54) is 5.56 Å². The first kappa shape index (κ1) is 11.2. The molecule has 4 nitrogen and oxygen atoms in total. The molecular formula is C13H12N4. The largest absolute Gasteiger partial charge is 0.253 e. The molecule has 1 aromatic heterocycles. The molecule has 0 atom stereocenters. The lowest BCUT2D eigenvalue weighted by Crippen LogP contribution is -1.90. The van der Waals surface area contributed by atoms with Gasteiger partial charge in [-0.2, -0.15) is 0 Å². The fourth-order valence-electron chi connectivity index (χ4n) is 1.64. The highest BCUT2D eigenvalue weighted by atomic mass is 15.1. The average Bonchev–Trinajstić information content (AvgIpc) is 2.37. The fraction of sp³-hybridized carbons (Fsp3) is 0.154. The highest BCUT2D eigenvalue weighted by molar-refractivity contribution is 5.59. The van der Waals surface area contributed by atoms with Gasteiger partial charge in [0.05, 0.1) is 12.2 Å². The van der Waals surface area contributed by atoms with E-state index in [1.807, 2.05) is 43.3 Å². The zero-order valence-corrected chi connectivity index (χ0v) is 9.54. The Hall–Kier alpha value is -2.32. The van der Waals surface area contributed by atoms with Crippen molar-refractivity contribution in [3.05, 3.63) is 64.2 Å². The minimum Gasteiger partial charge on any atom is -0.253 e. The molecule has 1 heterocycles. The van der Waals surface area contributed by atoms with Gasteiger partial charge in [0, 0.05) is 16.2 Å². The summed E-state index contributed by atoms with van der Waals surface area (Å²) in [4.78, 5) is 7.19. The standard InChI is InChI=1S/C13H12N4/c1-10-4-2-5-11(8-10)13-7-3-6-12(16-13)9-15-17-14/h2-8H,9H2,1H3. The van der Waals surface area contributed by atoms with E-state index in [-0.39, 0.29) is 6.54 Å². The predicted octanol–water partition coefficient (Wildman–Crippen LogP) is 3.87. The highest BCUT2D eigenvalue weighted by Crippen LogP contribution is 2.18. The summed E-state index contributed by atoms with van der Waals surface area (Å²) in [5.74, 6) is 0. The Bertz CT molecular complexity index is 571. The average molecular weight is 224 g/mol. The Kier molecular flexibility index (Phi) is 3.38. The zero-order chi connectivity index (χ0) is 12.1. The second kappa shape index (κ2) is 5.14. The van der Waals surface area contributed by atoms with Gasteiger partial charge in [0.1, 0.15) is 0 Å². The van der Waals surface area contributed by atoms with Crippen molar-refractivity contribution in [2.45, 2.75) is 13.5 Å². The topological polar surface area (TPSA) is 61.7 Å². The van der Waals surface area contributed by atoms with E-state index in [0.29, 0.717) is 0 Å². The van der Waals surface area contributed by atoms with Gasteiger partial charge in [-0.1, -0.05) is 34.9 Å². The number of benzene rings is 1. The molecule has 0 aliphatic carbocycles. The molecule has 0 saturated heterocycles. The molecule has 0 aliphatic rings. The molecule has 0 aliphatic heterocycles. The maximum atomic E-state index is 8.28. The van der Waals surface area contributed by atoms with Crippen molar-refractivity contribution in [1.29, 1.82) is 0 Å². The molecule has 2 rings (SSSR count). The van der Waals surface area contributed by atoms with Crippen LogP contribution < -0.4 is 0 Å². The molecular weight excluding hydrogens is 212 g/mol. The van der Waals surface area contributed by atoms with E-state index < -0.39 is 0 Å². The Labute approximate surface area is 99.6 Å². The Morgan fingerprint density at radius 1 is 1.24 bits per heavy atom. The minimum absolute atomic E-state index is 0.288. The number of hydrogen-bond donors (Lipinski definition) is 0. The molecule has 0 amide bonds. The molecule has 2 aromatic rings. The summed E-state index contributed by atoms with van der Waals surface area (Å²) in [6.07, 6.45) is 0. The van der Waals surface area contributed by atoms with Crippen LogP contribution in [0.3, 0.4) is 0 Å². The molecule has 0 radical (unpaired) electrons. The summed E-state index contributed by atoms with van der Waals surface area (Å²) < 4.78 is 0. The third-order valence-electron chi connectivity index (χ3n) is 2.42. The zero-order valence-electron chi connectivity index (χ0n) is 9.54. The number of aromatic nitrogens is 1. The van der Waals surface area contributed by atoms with Crippen molar-refractivity contribution >= 4 is 0 Å². The minimum atomic E-state index is 0.288. The lowest BCUT2D eigenvalue weighted by atomic mass is 10.1. The van der Waals surface area contributed by atoms with Crippen LogP contribution in [0.15, 0.2) is 47.6 Å². The third kappa shape index (κ3) is 2.83. The first-order valence-electron chi connectivity index (χ1n) is 5.33. The van der Waals surface area contributed by atoms with E-state index in [0.717, 1.165) is 17.0 Å². The maximum absolute atomic E-state index is 8.28. The summed E-state index contributed by atoms with van der Waals surface area (Å²) in [5.41, 5.74) is 12.2. The van der Waals surface area contributed by atoms with Crippen LogP contribution in [-0.4, -0.2) is 4.98 Å². The van der Waals surface area contributed by atoms with Crippen molar-refractivity contribution in [2.75, 3.05) is 0 Å². The van der Waals surface area contributed by atoms with Gasteiger partial charge >= 0.3 is 0 Å². The lowest BCUT2D eigenvalue weighted by Gasteiger charge is -2.03. The van der Waals surface area contributed by atoms with Crippen LogP contribution in [0.5, 0.6) is 0 Å². The van der Waals surface area contributed by atoms with E-state index in [2.05, 4.69) is 21.1 Å². The summed E-state index contributed by atoms with van der Waals surface area (Å²) in [5, 5.41) is 3.51. The summed E-state index contributed by atoms with van der Waals surface area (Å²) in [6, 6.07) is 13.9. The Balaban J connectivity index is 2.35. The molecule has 0 spiro atoms. The van der Waals surface area contributed by atoms with Gasteiger partial charge in [-0.05, 0) is 30.7 Å². The highest BCUT2D eigenvalue weighted by Gasteiger charge is 2.00. The van der Waals surface area contributed by atoms with E-state index in [9.17, 15) is 0 Å². The number of hydrogen-bond acceptors (Lipinski definition) is 2. The first-order chi connectivity index (χ1) is 8.29. The van der Waals surface area contributed by atoms with Gasteiger partial charge in [-0.3, -0.25) is 4.98 Å². The van der Waals surface area contributed by atoms with Crippen molar-refractivity contribution < 1.29 is 0 Å². The Morgan fingerprint density at radius 2 is 2.06 bits per heavy atom. The van der Waals surface area contributed by atoms with Gasteiger partial charge < -0.3 is 0 Å². The van der Waals surface area contributed by atoms with Crippen LogP contribution in [-0.2, 0) is 6.54 Å². The van der Waals surface area contributed by atoms with Gasteiger partial charge in [0.15, 0.2) is 0 Å². The molecule has 1 aromatic carbocycles. The third-order valence-corrected chi connectivity index (χ3v) is 2.42. The number of aryl methyl sites for hydroxylation is 1. The van der Waals surface area contributed by atoms with Crippen molar-refractivity contribution in [2.24, 2.45) is 5.11 Å². The van der Waals surface area contributed by atoms with Crippen LogP contribution in [0.2, 0.25) is 0 Å².